The second-order valence-corrected chi connectivity index (χ2v) is 9.94. The normalized spacial score (nSPS) is 11.4. The number of ether oxygens (including phenoxy) is 1. The van der Waals surface area contributed by atoms with E-state index < -0.39 is 0 Å². The smallest absolute Gasteiger partial charge is 0.227 e. The molecule has 0 fully saturated rings. The van der Waals surface area contributed by atoms with Gasteiger partial charge in [-0.3, -0.25) is 0 Å². The van der Waals surface area contributed by atoms with E-state index in [0.717, 1.165) is 59.7 Å². The van der Waals surface area contributed by atoms with Crippen molar-refractivity contribution in [3.63, 3.8) is 0 Å². The molecular weight excluding hydrogens is 434 g/mol. The lowest BCUT2D eigenvalue weighted by molar-refractivity contribution is 0.329. The lowest BCUT2D eigenvalue weighted by Gasteiger charge is -2.25. The van der Waals surface area contributed by atoms with Crippen LogP contribution in [0.25, 0.3) is 10.9 Å². The van der Waals surface area contributed by atoms with Crippen molar-refractivity contribution in [3.8, 4) is 5.75 Å². The number of hydrogen-bond donors (Lipinski definition) is 0. The van der Waals surface area contributed by atoms with Crippen molar-refractivity contribution in [2.45, 2.75) is 46.0 Å². The molecular formula is C29H43N5O. The van der Waals surface area contributed by atoms with E-state index in [9.17, 15) is 0 Å². The monoisotopic (exact) mass is 477 g/mol. The second-order valence-electron chi connectivity index (χ2n) is 9.94. The Kier molecular flexibility index (Phi) is 10.2. The van der Waals surface area contributed by atoms with Crippen LogP contribution in [0.2, 0.25) is 0 Å². The molecule has 2 aromatic carbocycles. The molecule has 0 aliphatic heterocycles. The predicted molar refractivity (Wildman–Crippen MR) is 149 cm³/mol. The number of rotatable bonds is 14. The molecule has 0 unspecified atom stereocenters. The van der Waals surface area contributed by atoms with E-state index in [2.05, 4.69) is 74.0 Å². The van der Waals surface area contributed by atoms with Crippen LogP contribution in [0.1, 0.15) is 46.0 Å². The van der Waals surface area contributed by atoms with Gasteiger partial charge < -0.3 is 19.4 Å². The van der Waals surface area contributed by atoms with E-state index in [1.54, 1.807) is 7.11 Å². The molecule has 0 atom stereocenters. The van der Waals surface area contributed by atoms with Crippen molar-refractivity contribution in [2.24, 2.45) is 5.92 Å². The summed E-state index contributed by atoms with van der Waals surface area (Å²) in [6.45, 7) is 7.63. The SMILES string of the molecule is COc1ccc(N(C)c2nc(N(C)CCN(C)CCCCCCC(C)C)nc3ccccc23)cc1. The molecule has 1 aromatic heterocycles. The minimum Gasteiger partial charge on any atom is -0.497 e. The predicted octanol–water partition coefficient (Wildman–Crippen LogP) is 6.38. The van der Waals surface area contributed by atoms with Crippen molar-refractivity contribution in [3.05, 3.63) is 48.5 Å². The zero-order chi connectivity index (χ0) is 25.2. The number of fused-ring (bicyclic) bond motifs is 1. The number of methoxy groups -OCH3 is 1. The summed E-state index contributed by atoms with van der Waals surface area (Å²) in [5.74, 6) is 3.32. The number of anilines is 3. The molecule has 0 saturated carbocycles. The average Bonchev–Trinajstić information content (AvgIpc) is 2.88. The third-order valence-corrected chi connectivity index (χ3v) is 6.58. The number of likely N-dealkylation sites (N-methyl/N-ethyl adjacent to an activating group) is 2. The van der Waals surface area contributed by atoms with Crippen LogP contribution < -0.4 is 14.5 Å². The highest BCUT2D eigenvalue weighted by Gasteiger charge is 2.15. The Bertz CT molecular complexity index is 1040. The molecule has 3 rings (SSSR count). The number of aromatic nitrogens is 2. The topological polar surface area (TPSA) is 44.7 Å². The first kappa shape index (κ1) is 26.7. The maximum absolute atomic E-state index is 5.32. The summed E-state index contributed by atoms with van der Waals surface area (Å²) < 4.78 is 5.32. The van der Waals surface area contributed by atoms with Gasteiger partial charge >= 0.3 is 0 Å². The van der Waals surface area contributed by atoms with Crippen LogP contribution in [0.4, 0.5) is 17.5 Å². The number of unbranched alkanes of at least 4 members (excludes halogenated alkanes) is 3. The van der Waals surface area contributed by atoms with Crippen molar-refractivity contribution in [2.75, 3.05) is 57.7 Å². The molecule has 0 bridgehead atoms. The third-order valence-electron chi connectivity index (χ3n) is 6.58. The van der Waals surface area contributed by atoms with Crippen LogP contribution in [0, 0.1) is 5.92 Å². The van der Waals surface area contributed by atoms with Gasteiger partial charge in [-0.2, -0.15) is 4.98 Å². The van der Waals surface area contributed by atoms with Crippen LogP contribution in [0.15, 0.2) is 48.5 Å². The summed E-state index contributed by atoms with van der Waals surface area (Å²) in [6.07, 6.45) is 6.64. The summed E-state index contributed by atoms with van der Waals surface area (Å²) >= 11 is 0. The molecule has 0 saturated heterocycles. The summed E-state index contributed by atoms with van der Waals surface area (Å²) in [6, 6.07) is 16.3. The second kappa shape index (κ2) is 13.3. The largest absolute Gasteiger partial charge is 0.497 e. The first-order chi connectivity index (χ1) is 16.9. The minimum atomic E-state index is 0.751. The first-order valence-electron chi connectivity index (χ1n) is 12.9. The minimum absolute atomic E-state index is 0.751. The molecule has 6 heteroatoms. The quantitative estimate of drug-likeness (QED) is 0.251. The van der Waals surface area contributed by atoms with Gasteiger partial charge in [0, 0.05) is 38.3 Å². The lowest BCUT2D eigenvalue weighted by Crippen LogP contribution is -2.32. The van der Waals surface area contributed by atoms with E-state index in [0.29, 0.717) is 0 Å². The van der Waals surface area contributed by atoms with E-state index in [1.165, 1.54) is 32.1 Å². The fourth-order valence-corrected chi connectivity index (χ4v) is 4.22. The Morgan fingerprint density at radius 3 is 2.23 bits per heavy atom. The lowest BCUT2D eigenvalue weighted by atomic mass is 10.0. The maximum atomic E-state index is 5.32. The van der Waals surface area contributed by atoms with Crippen LogP contribution in [-0.2, 0) is 0 Å². The van der Waals surface area contributed by atoms with Crippen molar-refractivity contribution >= 4 is 28.4 Å². The van der Waals surface area contributed by atoms with Crippen molar-refractivity contribution in [1.82, 2.24) is 14.9 Å². The molecule has 0 aliphatic rings. The van der Waals surface area contributed by atoms with Gasteiger partial charge in [0.05, 0.1) is 12.6 Å². The number of benzene rings is 2. The van der Waals surface area contributed by atoms with Crippen LogP contribution in [0.3, 0.4) is 0 Å². The fourth-order valence-electron chi connectivity index (χ4n) is 4.22. The highest BCUT2D eigenvalue weighted by atomic mass is 16.5. The molecule has 190 valence electrons. The zero-order valence-electron chi connectivity index (χ0n) is 22.5. The Morgan fingerprint density at radius 1 is 0.800 bits per heavy atom. The van der Waals surface area contributed by atoms with Gasteiger partial charge in [0.2, 0.25) is 5.95 Å². The Balaban J connectivity index is 1.64. The Morgan fingerprint density at radius 2 is 1.51 bits per heavy atom. The van der Waals surface area contributed by atoms with Gasteiger partial charge in [-0.15, -0.1) is 0 Å². The van der Waals surface area contributed by atoms with E-state index in [-0.39, 0.29) is 0 Å². The Hall–Kier alpha value is -2.86. The number of para-hydroxylation sites is 1. The van der Waals surface area contributed by atoms with Crippen molar-refractivity contribution < 1.29 is 4.74 Å². The van der Waals surface area contributed by atoms with Gasteiger partial charge in [0.1, 0.15) is 11.6 Å². The van der Waals surface area contributed by atoms with Gasteiger partial charge in [0.25, 0.3) is 0 Å². The number of hydrogen-bond acceptors (Lipinski definition) is 6. The summed E-state index contributed by atoms with van der Waals surface area (Å²) in [5.41, 5.74) is 2.01. The highest BCUT2D eigenvalue weighted by molar-refractivity contribution is 5.92. The number of nitrogens with zero attached hydrogens (tertiary/aromatic N) is 5. The van der Waals surface area contributed by atoms with Crippen LogP contribution >= 0.6 is 0 Å². The molecule has 0 aliphatic carbocycles. The van der Waals surface area contributed by atoms with Gasteiger partial charge in [-0.25, -0.2) is 4.98 Å². The standard InChI is InChI=1S/C29H43N5O/c1-23(2)13-9-7-8-12-20-32(3)21-22-33(4)29-30-27-15-11-10-14-26(27)28(31-29)34(5)24-16-18-25(35-6)19-17-24/h10-11,14-19,23H,7-9,12-13,20-22H2,1-6H3. The third kappa shape index (κ3) is 7.82. The van der Waals surface area contributed by atoms with E-state index >= 15 is 0 Å². The van der Waals surface area contributed by atoms with Gasteiger partial charge in [-0.1, -0.05) is 51.7 Å². The van der Waals surface area contributed by atoms with Crippen molar-refractivity contribution in [1.29, 1.82) is 0 Å². The molecule has 0 amide bonds. The molecule has 0 spiro atoms. The van der Waals surface area contributed by atoms with E-state index in [1.807, 2.05) is 24.3 Å². The molecule has 0 radical (unpaired) electrons. The van der Waals surface area contributed by atoms with E-state index in [4.69, 9.17) is 14.7 Å². The fraction of sp³-hybridized carbons (Fsp3) is 0.517. The van der Waals surface area contributed by atoms with Gasteiger partial charge in [-0.05, 0) is 62.3 Å². The van der Waals surface area contributed by atoms with Gasteiger partial charge in [0.15, 0.2) is 0 Å². The molecule has 1 heterocycles. The molecule has 6 nitrogen and oxygen atoms in total. The summed E-state index contributed by atoms with van der Waals surface area (Å²) in [7, 11) is 8.03. The highest BCUT2D eigenvalue weighted by Crippen LogP contribution is 2.31. The van der Waals surface area contributed by atoms with Crippen LogP contribution in [0.5, 0.6) is 5.75 Å². The Labute approximate surface area is 211 Å². The average molecular weight is 478 g/mol. The molecule has 0 N–H and O–H groups in total. The molecule has 35 heavy (non-hydrogen) atoms. The first-order valence-corrected chi connectivity index (χ1v) is 12.9. The maximum Gasteiger partial charge on any atom is 0.227 e. The zero-order valence-corrected chi connectivity index (χ0v) is 22.5. The summed E-state index contributed by atoms with van der Waals surface area (Å²) in [5, 5.41) is 1.04. The summed E-state index contributed by atoms with van der Waals surface area (Å²) in [4.78, 5) is 16.6. The van der Waals surface area contributed by atoms with Crippen LogP contribution in [-0.4, -0.2) is 62.8 Å². The molecule has 3 aromatic rings.